The van der Waals surface area contributed by atoms with E-state index >= 15 is 0 Å². The predicted molar refractivity (Wildman–Crippen MR) is 67.2 cm³/mol. The maximum absolute atomic E-state index is 12.0. The van der Waals surface area contributed by atoms with Gasteiger partial charge in [-0.25, -0.2) is 0 Å². The molecule has 0 spiro atoms. The molecule has 90 valence electrons. The summed E-state index contributed by atoms with van der Waals surface area (Å²) in [6, 6.07) is 8.96. The average molecular weight is 231 g/mol. The number of carbonyl (C=O) groups is 1. The number of nitrogens with two attached hydrogens (primary N) is 1. The number of amides is 1. The van der Waals surface area contributed by atoms with Gasteiger partial charge >= 0.3 is 0 Å². The van der Waals surface area contributed by atoms with Gasteiger partial charge in [0.25, 0.3) is 0 Å². The maximum atomic E-state index is 12.0. The van der Waals surface area contributed by atoms with Crippen molar-refractivity contribution in [1.29, 1.82) is 5.26 Å². The van der Waals surface area contributed by atoms with Crippen molar-refractivity contribution in [3.8, 4) is 6.07 Å². The summed E-state index contributed by atoms with van der Waals surface area (Å²) in [6.45, 7) is 4.21. The average Bonchev–Trinajstić information content (AvgIpc) is 2.30. The highest BCUT2D eigenvalue weighted by molar-refractivity contribution is 5.94. The van der Waals surface area contributed by atoms with E-state index in [1.54, 1.807) is 24.3 Å². The molecule has 0 bridgehead atoms. The Labute approximate surface area is 101 Å². The van der Waals surface area contributed by atoms with E-state index in [0.717, 1.165) is 0 Å². The fourth-order valence-corrected chi connectivity index (χ4v) is 1.60. The van der Waals surface area contributed by atoms with Gasteiger partial charge in [-0.1, -0.05) is 26.0 Å². The van der Waals surface area contributed by atoms with E-state index in [0.29, 0.717) is 17.8 Å². The Morgan fingerprint density at radius 2 is 2.12 bits per heavy atom. The van der Waals surface area contributed by atoms with Crippen molar-refractivity contribution in [1.82, 2.24) is 0 Å². The molecular formula is C13H17N3O. The first kappa shape index (κ1) is 13.2. The quantitative estimate of drug-likeness (QED) is 0.828. The van der Waals surface area contributed by atoms with E-state index in [-0.39, 0.29) is 17.7 Å². The number of rotatable bonds is 4. The number of para-hydroxylation sites is 1. The molecule has 1 aromatic rings. The molecule has 0 aromatic heterocycles. The van der Waals surface area contributed by atoms with Crippen molar-refractivity contribution in [2.45, 2.75) is 13.8 Å². The summed E-state index contributed by atoms with van der Waals surface area (Å²) < 4.78 is 0. The van der Waals surface area contributed by atoms with Gasteiger partial charge in [0, 0.05) is 6.54 Å². The van der Waals surface area contributed by atoms with Gasteiger partial charge in [0.1, 0.15) is 6.07 Å². The summed E-state index contributed by atoms with van der Waals surface area (Å²) in [5.41, 5.74) is 6.57. The van der Waals surface area contributed by atoms with Crippen molar-refractivity contribution >= 4 is 11.6 Å². The van der Waals surface area contributed by atoms with Crippen LogP contribution in [0.25, 0.3) is 0 Å². The van der Waals surface area contributed by atoms with Crippen molar-refractivity contribution in [3.05, 3.63) is 29.8 Å². The summed E-state index contributed by atoms with van der Waals surface area (Å²) in [7, 11) is 0. The molecule has 1 unspecified atom stereocenters. The molecule has 1 atom stereocenters. The van der Waals surface area contributed by atoms with E-state index in [9.17, 15) is 4.79 Å². The highest BCUT2D eigenvalue weighted by atomic mass is 16.1. The number of hydrogen-bond donors (Lipinski definition) is 2. The van der Waals surface area contributed by atoms with E-state index in [1.165, 1.54) is 0 Å². The van der Waals surface area contributed by atoms with Gasteiger partial charge in [-0.2, -0.15) is 5.26 Å². The lowest BCUT2D eigenvalue weighted by Gasteiger charge is -2.18. The Bertz CT molecular complexity index is 435. The van der Waals surface area contributed by atoms with E-state index < -0.39 is 0 Å². The fraction of sp³-hybridized carbons (Fsp3) is 0.385. The molecule has 0 saturated heterocycles. The topological polar surface area (TPSA) is 78.9 Å². The second kappa shape index (κ2) is 6.02. The number of anilines is 1. The third-order valence-electron chi connectivity index (χ3n) is 2.70. The lowest BCUT2D eigenvalue weighted by Crippen LogP contribution is -2.33. The van der Waals surface area contributed by atoms with Crippen LogP contribution in [-0.2, 0) is 4.79 Å². The number of benzene rings is 1. The summed E-state index contributed by atoms with van der Waals surface area (Å²) >= 11 is 0. The Morgan fingerprint density at radius 1 is 1.47 bits per heavy atom. The van der Waals surface area contributed by atoms with E-state index in [2.05, 4.69) is 5.32 Å². The van der Waals surface area contributed by atoms with Crippen LogP contribution >= 0.6 is 0 Å². The van der Waals surface area contributed by atoms with Gasteiger partial charge in [0.15, 0.2) is 0 Å². The third-order valence-corrected chi connectivity index (χ3v) is 2.70. The molecule has 0 heterocycles. The van der Waals surface area contributed by atoms with Crippen LogP contribution in [0.1, 0.15) is 19.4 Å². The van der Waals surface area contributed by atoms with Crippen molar-refractivity contribution < 1.29 is 4.79 Å². The standard InChI is InChI=1S/C13H17N3O/c1-9(2)11(8-15)13(17)16-12-6-4-3-5-10(12)7-14/h3-6,9,11H,8,15H2,1-2H3,(H,16,17). The molecule has 1 amide bonds. The molecule has 1 aromatic carbocycles. The number of carbonyl (C=O) groups excluding carboxylic acids is 1. The van der Waals surface area contributed by atoms with Crippen LogP contribution in [0, 0.1) is 23.2 Å². The molecule has 0 fully saturated rings. The zero-order valence-corrected chi connectivity index (χ0v) is 10.1. The fourth-order valence-electron chi connectivity index (χ4n) is 1.60. The van der Waals surface area contributed by atoms with Gasteiger partial charge in [0.05, 0.1) is 17.2 Å². The number of nitriles is 1. The molecule has 4 nitrogen and oxygen atoms in total. The smallest absolute Gasteiger partial charge is 0.229 e. The molecule has 0 aliphatic heterocycles. The molecule has 0 aliphatic rings. The van der Waals surface area contributed by atoms with Gasteiger partial charge < -0.3 is 11.1 Å². The van der Waals surface area contributed by atoms with E-state index in [4.69, 9.17) is 11.0 Å². The summed E-state index contributed by atoms with van der Waals surface area (Å²) in [5, 5.41) is 11.7. The van der Waals surface area contributed by atoms with Gasteiger partial charge in [0.2, 0.25) is 5.91 Å². The largest absolute Gasteiger partial charge is 0.330 e. The lowest BCUT2D eigenvalue weighted by atomic mass is 9.95. The first-order valence-electron chi connectivity index (χ1n) is 5.60. The highest BCUT2D eigenvalue weighted by Gasteiger charge is 2.21. The third kappa shape index (κ3) is 3.30. The Kier molecular flexibility index (Phi) is 4.68. The SMILES string of the molecule is CC(C)C(CN)C(=O)Nc1ccccc1C#N. The monoisotopic (exact) mass is 231 g/mol. The van der Waals surface area contributed by atoms with Crippen molar-refractivity contribution in [2.24, 2.45) is 17.6 Å². The van der Waals surface area contributed by atoms with Crippen LogP contribution < -0.4 is 11.1 Å². The van der Waals surface area contributed by atoms with Crippen LogP contribution in [0.2, 0.25) is 0 Å². The Hall–Kier alpha value is -1.86. The second-order valence-corrected chi connectivity index (χ2v) is 4.23. The summed E-state index contributed by atoms with van der Waals surface area (Å²) in [4.78, 5) is 12.0. The first-order valence-corrected chi connectivity index (χ1v) is 5.60. The maximum Gasteiger partial charge on any atom is 0.229 e. The minimum Gasteiger partial charge on any atom is -0.330 e. The highest BCUT2D eigenvalue weighted by Crippen LogP contribution is 2.17. The molecule has 0 radical (unpaired) electrons. The summed E-state index contributed by atoms with van der Waals surface area (Å²) in [5.74, 6) is -0.193. The summed E-state index contributed by atoms with van der Waals surface area (Å²) in [6.07, 6.45) is 0. The van der Waals surface area contributed by atoms with E-state index in [1.807, 2.05) is 19.9 Å². The normalized spacial score (nSPS) is 11.9. The number of nitrogens with one attached hydrogen (secondary N) is 1. The van der Waals surface area contributed by atoms with Crippen molar-refractivity contribution in [2.75, 3.05) is 11.9 Å². The molecule has 0 saturated carbocycles. The molecule has 1 rings (SSSR count). The van der Waals surface area contributed by atoms with Gasteiger partial charge in [-0.3, -0.25) is 4.79 Å². The minimum atomic E-state index is -0.234. The number of hydrogen-bond acceptors (Lipinski definition) is 3. The lowest BCUT2D eigenvalue weighted by molar-refractivity contribution is -0.120. The minimum absolute atomic E-state index is 0.134. The van der Waals surface area contributed by atoms with Crippen LogP contribution in [0.15, 0.2) is 24.3 Å². The van der Waals surface area contributed by atoms with Gasteiger partial charge in [-0.05, 0) is 18.1 Å². The van der Waals surface area contributed by atoms with Crippen LogP contribution in [0.4, 0.5) is 5.69 Å². The van der Waals surface area contributed by atoms with Crippen LogP contribution in [-0.4, -0.2) is 12.5 Å². The molecule has 3 N–H and O–H groups in total. The predicted octanol–water partition coefficient (Wildman–Crippen LogP) is 1.73. The second-order valence-electron chi connectivity index (χ2n) is 4.23. The molecule has 4 heteroatoms. The first-order chi connectivity index (χ1) is 8.10. The van der Waals surface area contributed by atoms with Crippen molar-refractivity contribution in [3.63, 3.8) is 0 Å². The van der Waals surface area contributed by atoms with Crippen LogP contribution in [0.5, 0.6) is 0 Å². The zero-order chi connectivity index (χ0) is 12.8. The van der Waals surface area contributed by atoms with Gasteiger partial charge in [-0.15, -0.1) is 0 Å². The van der Waals surface area contributed by atoms with Crippen LogP contribution in [0.3, 0.4) is 0 Å². The molecule has 17 heavy (non-hydrogen) atoms. The Balaban J connectivity index is 2.84. The molecule has 0 aliphatic carbocycles. The molecular weight excluding hydrogens is 214 g/mol. The zero-order valence-electron chi connectivity index (χ0n) is 10.1. The number of nitrogens with zero attached hydrogens (tertiary/aromatic N) is 1. The Morgan fingerprint density at radius 3 is 2.65 bits per heavy atom.